The van der Waals surface area contributed by atoms with E-state index < -0.39 is 6.10 Å². The van der Waals surface area contributed by atoms with Gasteiger partial charge in [-0.3, -0.25) is 0 Å². The van der Waals surface area contributed by atoms with Crippen molar-refractivity contribution in [2.45, 2.75) is 23.1 Å². The summed E-state index contributed by atoms with van der Waals surface area (Å²) in [5.41, 5.74) is 1.39. The van der Waals surface area contributed by atoms with Gasteiger partial charge in [-0.2, -0.15) is 5.26 Å². The van der Waals surface area contributed by atoms with Crippen molar-refractivity contribution in [2.24, 2.45) is 7.05 Å². The number of aryl methyl sites for hydroxylation is 1. The summed E-state index contributed by atoms with van der Waals surface area (Å²) in [6.07, 6.45) is 3.01. The Bertz CT molecular complexity index is 599. The maximum atomic E-state index is 9.74. The number of benzene rings is 1. The summed E-state index contributed by atoms with van der Waals surface area (Å²) in [4.78, 5) is 5.09. The van der Waals surface area contributed by atoms with Gasteiger partial charge in [0.1, 0.15) is 0 Å². The minimum atomic E-state index is -0.569. The summed E-state index contributed by atoms with van der Waals surface area (Å²) in [7, 11) is 1.91. The van der Waals surface area contributed by atoms with E-state index in [2.05, 4.69) is 11.1 Å². The topological polar surface area (TPSA) is 61.8 Å². The van der Waals surface area contributed by atoms with E-state index in [0.29, 0.717) is 5.56 Å². The molecule has 1 aromatic heterocycles. The molecule has 92 valence electrons. The van der Waals surface area contributed by atoms with Gasteiger partial charge in [-0.15, -0.1) is 0 Å². The molecule has 1 unspecified atom stereocenters. The first-order valence-corrected chi connectivity index (χ1v) is 6.30. The zero-order valence-electron chi connectivity index (χ0n) is 10.2. The Balaban J connectivity index is 2.42. The maximum absolute atomic E-state index is 9.74. The summed E-state index contributed by atoms with van der Waals surface area (Å²) in [5, 5.41) is 19.5. The fourth-order valence-corrected chi connectivity index (χ4v) is 2.64. The van der Waals surface area contributed by atoms with Crippen molar-refractivity contribution in [1.82, 2.24) is 9.55 Å². The molecule has 0 spiro atoms. The zero-order chi connectivity index (χ0) is 13.1. The smallest absolute Gasteiger partial charge is 0.172 e. The van der Waals surface area contributed by atoms with E-state index in [1.165, 1.54) is 11.8 Å². The number of hydrogen-bond acceptors (Lipinski definition) is 4. The van der Waals surface area contributed by atoms with Crippen molar-refractivity contribution in [3.8, 4) is 6.07 Å². The SMILES string of the molecule is CC(O)c1ccc(C#N)cc1Sc1nccn1C. The average molecular weight is 259 g/mol. The first-order valence-electron chi connectivity index (χ1n) is 5.49. The second-order valence-electron chi connectivity index (χ2n) is 3.96. The second kappa shape index (κ2) is 5.25. The van der Waals surface area contributed by atoms with Crippen LogP contribution in [0.4, 0.5) is 0 Å². The van der Waals surface area contributed by atoms with Gasteiger partial charge in [-0.1, -0.05) is 17.8 Å². The minimum absolute atomic E-state index is 0.569. The molecule has 0 saturated heterocycles. The Morgan fingerprint density at radius 1 is 1.50 bits per heavy atom. The third kappa shape index (κ3) is 2.55. The van der Waals surface area contributed by atoms with Crippen LogP contribution < -0.4 is 0 Å². The lowest BCUT2D eigenvalue weighted by molar-refractivity contribution is 0.196. The van der Waals surface area contributed by atoms with Crippen LogP contribution in [-0.4, -0.2) is 14.7 Å². The lowest BCUT2D eigenvalue weighted by Gasteiger charge is -2.11. The highest BCUT2D eigenvalue weighted by Gasteiger charge is 2.12. The summed E-state index contributed by atoms with van der Waals surface area (Å²) in [5.74, 6) is 0. The number of aliphatic hydroxyl groups is 1. The Kier molecular flexibility index (Phi) is 3.70. The van der Waals surface area contributed by atoms with Gasteiger partial charge in [0.25, 0.3) is 0 Å². The molecule has 0 saturated carbocycles. The van der Waals surface area contributed by atoms with Gasteiger partial charge in [-0.25, -0.2) is 4.98 Å². The number of aromatic nitrogens is 2. The molecule has 1 N–H and O–H groups in total. The Morgan fingerprint density at radius 3 is 2.83 bits per heavy atom. The quantitative estimate of drug-likeness (QED) is 0.920. The highest BCUT2D eigenvalue weighted by atomic mass is 32.2. The molecule has 0 radical (unpaired) electrons. The first kappa shape index (κ1) is 12.7. The molecule has 1 heterocycles. The van der Waals surface area contributed by atoms with Crippen LogP contribution in [0, 0.1) is 11.3 Å². The second-order valence-corrected chi connectivity index (χ2v) is 4.97. The lowest BCUT2D eigenvalue weighted by Crippen LogP contribution is -1.96. The molecule has 0 amide bonds. The van der Waals surface area contributed by atoms with E-state index in [1.807, 2.05) is 17.8 Å². The number of nitriles is 1. The standard InChI is InChI=1S/C13H13N3OS/c1-9(17)11-4-3-10(8-14)7-12(11)18-13-15-5-6-16(13)2/h3-7,9,17H,1-2H3. The van der Waals surface area contributed by atoms with E-state index in [0.717, 1.165) is 15.6 Å². The monoisotopic (exact) mass is 259 g/mol. The van der Waals surface area contributed by atoms with E-state index in [4.69, 9.17) is 5.26 Å². The molecule has 4 nitrogen and oxygen atoms in total. The lowest BCUT2D eigenvalue weighted by atomic mass is 10.1. The van der Waals surface area contributed by atoms with Crippen LogP contribution >= 0.6 is 11.8 Å². The number of rotatable bonds is 3. The van der Waals surface area contributed by atoms with Crippen LogP contribution in [0.15, 0.2) is 40.6 Å². The van der Waals surface area contributed by atoms with Crippen LogP contribution in [0.3, 0.4) is 0 Å². The van der Waals surface area contributed by atoms with Crippen molar-refractivity contribution in [3.05, 3.63) is 41.7 Å². The van der Waals surface area contributed by atoms with Gasteiger partial charge in [0.05, 0.1) is 17.7 Å². The van der Waals surface area contributed by atoms with Crippen LogP contribution in [0.2, 0.25) is 0 Å². The summed E-state index contributed by atoms with van der Waals surface area (Å²) < 4.78 is 1.90. The van der Waals surface area contributed by atoms with Crippen molar-refractivity contribution in [1.29, 1.82) is 5.26 Å². The molecule has 2 aromatic rings. The molecule has 0 aliphatic carbocycles. The first-order chi connectivity index (χ1) is 8.61. The molecular formula is C13H13N3OS. The molecule has 5 heteroatoms. The Morgan fingerprint density at radius 2 is 2.28 bits per heavy atom. The highest BCUT2D eigenvalue weighted by molar-refractivity contribution is 7.99. The van der Waals surface area contributed by atoms with E-state index >= 15 is 0 Å². The van der Waals surface area contributed by atoms with Crippen LogP contribution in [0.1, 0.15) is 24.2 Å². The molecule has 0 aliphatic heterocycles. The number of aliphatic hydroxyl groups excluding tert-OH is 1. The fraction of sp³-hybridized carbons (Fsp3) is 0.231. The molecule has 1 atom stereocenters. The van der Waals surface area contributed by atoms with Gasteiger partial charge in [-0.05, 0) is 24.6 Å². The summed E-state index contributed by atoms with van der Waals surface area (Å²) in [6.45, 7) is 1.71. The van der Waals surface area contributed by atoms with Crippen molar-refractivity contribution < 1.29 is 5.11 Å². The van der Waals surface area contributed by atoms with Gasteiger partial charge in [0.15, 0.2) is 5.16 Å². The maximum Gasteiger partial charge on any atom is 0.172 e. The number of nitrogens with zero attached hydrogens (tertiary/aromatic N) is 3. The molecule has 0 bridgehead atoms. The zero-order valence-corrected chi connectivity index (χ0v) is 11.0. The van der Waals surface area contributed by atoms with E-state index in [9.17, 15) is 5.11 Å². The third-order valence-corrected chi connectivity index (χ3v) is 3.72. The van der Waals surface area contributed by atoms with Crippen LogP contribution in [0.5, 0.6) is 0 Å². The van der Waals surface area contributed by atoms with Crippen molar-refractivity contribution >= 4 is 11.8 Å². The van der Waals surface area contributed by atoms with Gasteiger partial charge < -0.3 is 9.67 Å². The van der Waals surface area contributed by atoms with Crippen LogP contribution in [0.25, 0.3) is 0 Å². The summed E-state index contributed by atoms with van der Waals surface area (Å²) in [6, 6.07) is 7.38. The number of imidazole rings is 1. The van der Waals surface area contributed by atoms with Gasteiger partial charge in [0.2, 0.25) is 0 Å². The fourth-order valence-electron chi connectivity index (χ4n) is 1.59. The average Bonchev–Trinajstić information content (AvgIpc) is 2.74. The molecule has 18 heavy (non-hydrogen) atoms. The van der Waals surface area contributed by atoms with E-state index in [1.54, 1.807) is 31.3 Å². The largest absolute Gasteiger partial charge is 0.389 e. The Hall–Kier alpha value is -1.77. The molecular weight excluding hydrogens is 246 g/mol. The Labute approximate surface area is 110 Å². The minimum Gasteiger partial charge on any atom is -0.389 e. The summed E-state index contributed by atoms with van der Waals surface area (Å²) >= 11 is 1.45. The van der Waals surface area contributed by atoms with Gasteiger partial charge >= 0.3 is 0 Å². The molecule has 2 rings (SSSR count). The third-order valence-electron chi connectivity index (χ3n) is 2.57. The number of hydrogen-bond donors (Lipinski definition) is 1. The van der Waals surface area contributed by atoms with Crippen molar-refractivity contribution in [2.75, 3.05) is 0 Å². The normalized spacial score (nSPS) is 12.1. The van der Waals surface area contributed by atoms with Crippen LogP contribution in [-0.2, 0) is 7.05 Å². The molecule has 1 aromatic carbocycles. The van der Waals surface area contributed by atoms with E-state index in [-0.39, 0.29) is 0 Å². The van der Waals surface area contributed by atoms with Gasteiger partial charge in [0, 0.05) is 24.3 Å². The highest BCUT2D eigenvalue weighted by Crippen LogP contribution is 2.32. The van der Waals surface area contributed by atoms with Crippen molar-refractivity contribution in [3.63, 3.8) is 0 Å². The predicted octanol–water partition coefficient (Wildman–Crippen LogP) is 2.50. The molecule has 0 aliphatic rings. The molecule has 0 fully saturated rings. The predicted molar refractivity (Wildman–Crippen MR) is 69.1 cm³/mol.